The summed E-state index contributed by atoms with van der Waals surface area (Å²) in [6.07, 6.45) is 0.174. The summed E-state index contributed by atoms with van der Waals surface area (Å²) in [7, 11) is 1.61. The van der Waals surface area contributed by atoms with Gasteiger partial charge in [0, 0.05) is 26.1 Å². The third-order valence-electron chi connectivity index (χ3n) is 3.66. The Morgan fingerprint density at radius 3 is 2.12 bits per heavy atom. The number of benzene rings is 2. The maximum absolute atomic E-state index is 13.0. The van der Waals surface area contributed by atoms with E-state index >= 15 is 0 Å². The largest absolute Gasteiger partial charge is 0.497 e. The van der Waals surface area contributed by atoms with Crippen molar-refractivity contribution < 1.29 is 19.1 Å². The Labute approximate surface area is 140 Å². The predicted molar refractivity (Wildman–Crippen MR) is 88.1 cm³/mol. The number of carbonyl (C=O) groups is 1. The van der Waals surface area contributed by atoms with Gasteiger partial charge in [-0.15, -0.1) is 0 Å². The van der Waals surface area contributed by atoms with Crippen molar-refractivity contribution in [2.24, 2.45) is 0 Å². The number of halogens is 1. The van der Waals surface area contributed by atoms with Crippen LogP contribution in [0.2, 0.25) is 0 Å². The SMILES string of the molecule is COc1ccc(CN(CCC(=O)NO)Cc2ccc(F)cc2)cc1. The van der Waals surface area contributed by atoms with Gasteiger partial charge in [-0.2, -0.15) is 0 Å². The zero-order chi connectivity index (χ0) is 17.4. The van der Waals surface area contributed by atoms with E-state index in [4.69, 9.17) is 9.94 Å². The smallest absolute Gasteiger partial charge is 0.244 e. The van der Waals surface area contributed by atoms with Gasteiger partial charge in [0.15, 0.2) is 0 Å². The number of carbonyl (C=O) groups excluding carboxylic acids is 1. The topological polar surface area (TPSA) is 61.8 Å². The van der Waals surface area contributed by atoms with Crippen LogP contribution in [-0.4, -0.2) is 29.7 Å². The predicted octanol–water partition coefficient (Wildman–Crippen LogP) is 2.73. The molecule has 0 heterocycles. The summed E-state index contributed by atoms with van der Waals surface area (Å²) in [6.45, 7) is 1.67. The first-order valence-electron chi connectivity index (χ1n) is 7.63. The molecular formula is C18H21FN2O3. The summed E-state index contributed by atoms with van der Waals surface area (Å²) in [4.78, 5) is 13.4. The number of rotatable bonds is 8. The van der Waals surface area contributed by atoms with Crippen LogP contribution in [0.4, 0.5) is 4.39 Å². The van der Waals surface area contributed by atoms with E-state index in [1.807, 2.05) is 24.3 Å². The van der Waals surface area contributed by atoms with E-state index in [1.165, 1.54) is 12.1 Å². The monoisotopic (exact) mass is 332 g/mol. The number of hydroxylamine groups is 1. The molecule has 128 valence electrons. The molecule has 0 fully saturated rings. The number of nitrogens with zero attached hydrogens (tertiary/aromatic N) is 1. The summed E-state index contributed by atoms with van der Waals surface area (Å²) in [5.74, 6) is 0.0671. The van der Waals surface area contributed by atoms with Crippen molar-refractivity contribution in [1.82, 2.24) is 10.4 Å². The second kappa shape index (κ2) is 9.00. The maximum atomic E-state index is 13.0. The molecule has 2 rings (SSSR count). The zero-order valence-corrected chi connectivity index (χ0v) is 13.5. The normalized spacial score (nSPS) is 10.7. The highest BCUT2D eigenvalue weighted by molar-refractivity contribution is 5.74. The van der Waals surface area contributed by atoms with Crippen molar-refractivity contribution in [3.05, 3.63) is 65.5 Å². The lowest BCUT2D eigenvalue weighted by atomic mass is 10.1. The zero-order valence-electron chi connectivity index (χ0n) is 13.5. The molecule has 0 saturated carbocycles. The molecular weight excluding hydrogens is 311 g/mol. The summed E-state index contributed by atoms with van der Waals surface area (Å²) in [5, 5.41) is 8.64. The van der Waals surface area contributed by atoms with Crippen LogP contribution in [0.1, 0.15) is 17.5 Å². The van der Waals surface area contributed by atoms with Gasteiger partial charge < -0.3 is 4.74 Å². The Hall–Kier alpha value is -2.44. The van der Waals surface area contributed by atoms with Gasteiger partial charge in [0.25, 0.3) is 0 Å². The highest BCUT2D eigenvalue weighted by atomic mass is 19.1. The van der Waals surface area contributed by atoms with E-state index in [1.54, 1.807) is 24.7 Å². The van der Waals surface area contributed by atoms with E-state index in [-0.39, 0.29) is 12.2 Å². The second-order valence-electron chi connectivity index (χ2n) is 5.47. The lowest BCUT2D eigenvalue weighted by Gasteiger charge is -2.22. The number of hydrogen-bond donors (Lipinski definition) is 2. The van der Waals surface area contributed by atoms with Gasteiger partial charge in [0.1, 0.15) is 11.6 Å². The van der Waals surface area contributed by atoms with Crippen LogP contribution in [0.25, 0.3) is 0 Å². The standard InChI is InChI=1S/C18H21FN2O3/c1-24-17-8-4-15(5-9-17)13-21(11-10-18(22)20-23)12-14-2-6-16(19)7-3-14/h2-9,23H,10-13H2,1H3,(H,20,22). The molecule has 0 aromatic heterocycles. The van der Waals surface area contributed by atoms with E-state index in [0.29, 0.717) is 19.6 Å². The molecule has 1 amide bonds. The van der Waals surface area contributed by atoms with Crippen LogP contribution in [0.5, 0.6) is 5.75 Å². The van der Waals surface area contributed by atoms with Crippen molar-refractivity contribution in [3.63, 3.8) is 0 Å². The van der Waals surface area contributed by atoms with Crippen LogP contribution in [0.3, 0.4) is 0 Å². The first-order valence-corrected chi connectivity index (χ1v) is 7.63. The molecule has 0 atom stereocenters. The Morgan fingerprint density at radius 1 is 1.08 bits per heavy atom. The average Bonchev–Trinajstić information content (AvgIpc) is 2.62. The Morgan fingerprint density at radius 2 is 1.62 bits per heavy atom. The molecule has 0 unspecified atom stereocenters. The van der Waals surface area contributed by atoms with Crippen LogP contribution in [0.15, 0.2) is 48.5 Å². The lowest BCUT2D eigenvalue weighted by Crippen LogP contribution is -2.29. The lowest BCUT2D eigenvalue weighted by molar-refractivity contribution is -0.129. The third kappa shape index (κ3) is 5.64. The minimum atomic E-state index is -0.436. The molecule has 0 aliphatic carbocycles. The van der Waals surface area contributed by atoms with Crippen molar-refractivity contribution >= 4 is 5.91 Å². The van der Waals surface area contributed by atoms with Gasteiger partial charge in [-0.05, 0) is 35.4 Å². The van der Waals surface area contributed by atoms with Crippen LogP contribution < -0.4 is 10.2 Å². The number of nitrogens with one attached hydrogen (secondary N) is 1. The quantitative estimate of drug-likeness (QED) is 0.576. The van der Waals surface area contributed by atoms with Crippen molar-refractivity contribution in [2.45, 2.75) is 19.5 Å². The molecule has 24 heavy (non-hydrogen) atoms. The van der Waals surface area contributed by atoms with Gasteiger partial charge >= 0.3 is 0 Å². The van der Waals surface area contributed by atoms with Gasteiger partial charge in [-0.1, -0.05) is 24.3 Å². The van der Waals surface area contributed by atoms with Crippen molar-refractivity contribution in [1.29, 1.82) is 0 Å². The van der Waals surface area contributed by atoms with E-state index in [2.05, 4.69) is 4.90 Å². The fourth-order valence-electron chi connectivity index (χ4n) is 2.37. The molecule has 6 heteroatoms. The van der Waals surface area contributed by atoms with Crippen LogP contribution in [-0.2, 0) is 17.9 Å². The van der Waals surface area contributed by atoms with Gasteiger partial charge in [-0.3, -0.25) is 14.9 Å². The number of ether oxygens (including phenoxy) is 1. The van der Waals surface area contributed by atoms with E-state index < -0.39 is 5.91 Å². The summed E-state index contributed by atoms with van der Waals surface area (Å²) in [5.41, 5.74) is 3.66. The highest BCUT2D eigenvalue weighted by Gasteiger charge is 2.10. The first kappa shape index (κ1) is 17.9. The minimum Gasteiger partial charge on any atom is -0.497 e. The molecule has 0 radical (unpaired) electrons. The molecule has 2 aromatic rings. The molecule has 2 N–H and O–H groups in total. The maximum Gasteiger partial charge on any atom is 0.244 e. The molecule has 0 spiro atoms. The molecule has 0 bridgehead atoms. The number of hydrogen-bond acceptors (Lipinski definition) is 4. The summed E-state index contributed by atoms with van der Waals surface area (Å²) < 4.78 is 18.2. The van der Waals surface area contributed by atoms with Crippen LogP contribution in [0, 0.1) is 5.82 Å². The van der Waals surface area contributed by atoms with Crippen LogP contribution >= 0.6 is 0 Å². The van der Waals surface area contributed by atoms with E-state index in [9.17, 15) is 9.18 Å². The number of amides is 1. The Bertz CT molecular complexity index is 644. The highest BCUT2D eigenvalue weighted by Crippen LogP contribution is 2.15. The molecule has 5 nitrogen and oxygen atoms in total. The molecule has 0 aliphatic rings. The van der Waals surface area contributed by atoms with Gasteiger partial charge in [0.05, 0.1) is 7.11 Å². The van der Waals surface area contributed by atoms with Gasteiger partial charge in [-0.25, -0.2) is 9.87 Å². The van der Waals surface area contributed by atoms with E-state index in [0.717, 1.165) is 16.9 Å². The fourth-order valence-corrected chi connectivity index (χ4v) is 2.37. The second-order valence-corrected chi connectivity index (χ2v) is 5.47. The van der Waals surface area contributed by atoms with Crippen molar-refractivity contribution in [3.8, 4) is 5.75 Å². The molecule has 2 aromatic carbocycles. The summed E-state index contributed by atoms with van der Waals surface area (Å²) in [6, 6.07) is 14.0. The summed E-state index contributed by atoms with van der Waals surface area (Å²) >= 11 is 0. The Balaban J connectivity index is 2.05. The third-order valence-corrected chi connectivity index (χ3v) is 3.66. The van der Waals surface area contributed by atoms with Gasteiger partial charge in [0.2, 0.25) is 5.91 Å². The first-order chi connectivity index (χ1) is 11.6. The molecule has 0 saturated heterocycles. The average molecular weight is 332 g/mol. The fraction of sp³-hybridized carbons (Fsp3) is 0.278. The Kier molecular flexibility index (Phi) is 6.72. The molecule has 0 aliphatic heterocycles. The van der Waals surface area contributed by atoms with Crippen molar-refractivity contribution in [2.75, 3.05) is 13.7 Å². The number of methoxy groups -OCH3 is 1. The minimum absolute atomic E-state index is 0.174.